The largest absolute Gasteiger partial charge is 0.0795 e. The van der Waals surface area contributed by atoms with Crippen LogP contribution < -0.4 is 0 Å². The molecule has 0 aromatic heterocycles. The van der Waals surface area contributed by atoms with Crippen LogP contribution in [0.1, 0.15) is 37.5 Å². The first-order chi connectivity index (χ1) is 6.54. The number of allylic oxidation sites excluding steroid dienone is 1. The van der Waals surface area contributed by atoms with E-state index in [2.05, 4.69) is 51.1 Å². The fourth-order valence-corrected chi connectivity index (χ4v) is 2.02. The van der Waals surface area contributed by atoms with Crippen LogP contribution in [0.4, 0.5) is 0 Å². The Morgan fingerprint density at radius 1 is 1.21 bits per heavy atom. The van der Waals surface area contributed by atoms with Crippen molar-refractivity contribution in [1.82, 2.24) is 0 Å². The molecule has 0 unspecified atom stereocenters. The molecule has 2 rings (SSSR count). The lowest BCUT2D eigenvalue weighted by atomic mass is 9.87. The van der Waals surface area contributed by atoms with Crippen molar-refractivity contribution >= 4 is 6.08 Å². The smallest absolute Gasteiger partial charge is 0.00882 e. The maximum absolute atomic E-state index is 2.34. The van der Waals surface area contributed by atoms with Crippen molar-refractivity contribution in [2.45, 2.75) is 33.6 Å². The monoisotopic (exact) mass is 186 g/mol. The van der Waals surface area contributed by atoms with Crippen LogP contribution in [-0.4, -0.2) is 0 Å². The molecule has 1 aromatic rings. The average molecular weight is 186 g/mol. The number of fused-ring (bicyclic) bond motifs is 1. The Hall–Kier alpha value is -1.04. The number of rotatable bonds is 1. The van der Waals surface area contributed by atoms with Crippen LogP contribution in [0.3, 0.4) is 0 Å². The Balaban J connectivity index is 2.25. The van der Waals surface area contributed by atoms with Gasteiger partial charge in [-0.1, -0.05) is 51.1 Å². The van der Waals surface area contributed by atoms with E-state index in [9.17, 15) is 0 Å². The van der Waals surface area contributed by atoms with E-state index in [1.54, 1.807) is 0 Å². The Labute approximate surface area is 86.7 Å². The summed E-state index contributed by atoms with van der Waals surface area (Å²) in [6.07, 6.45) is 6.76. The number of hydrogen-bond acceptors (Lipinski definition) is 0. The van der Waals surface area contributed by atoms with Gasteiger partial charge in [0, 0.05) is 0 Å². The first-order valence-electron chi connectivity index (χ1n) is 5.33. The van der Waals surface area contributed by atoms with E-state index in [1.807, 2.05) is 0 Å². The van der Waals surface area contributed by atoms with Gasteiger partial charge in [0.25, 0.3) is 0 Å². The van der Waals surface area contributed by atoms with Gasteiger partial charge in [-0.2, -0.15) is 0 Å². The summed E-state index contributed by atoms with van der Waals surface area (Å²) in [6.45, 7) is 6.86. The molecule has 0 nitrogen and oxygen atoms in total. The fourth-order valence-electron chi connectivity index (χ4n) is 2.02. The van der Waals surface area contributed by atoms with Crippen molar-refractivity contribution in [1.29, 1.82) is 0 Å². The number of hydrogen-bond donors (Lipinski definition) is 0. The Bertz CT molecular complexity index is 364. The summed E-state index contributed by atoms with van der Waals surface area (Å²) < 4.78 is 0. The topological polar surface area (TPSA) is 0 Å². The van der Waals surface area contributed by atoms with Gasteiger partial charge in [0.15, 0.2) is 0 Å². The van der Waals surface area contributed by atoms with E-state index in [0.29, 0.717) is 5.41 Å². The van der Waals surface area contributed by atoms with Crippen LogP contribution in [0.25, 0.3) is 6.08 Å². The molecule has 0 radical (unpaired) electrons. The zero-order valence-corrected chi connectivity index (χ0v) is 9.30. The van der Waals surface area contributed by atoms with E-state index < -0.39 is 0 Å². The molecule has 1 aliphatic carbocycles. The van der Waals surface area contributed by atoms with Crippen LogP contribution in [0.15, 0.2) is 24.3 Å². The van der Waals surface area contributed by atoms with Crippen LogP contribution in [0.2, 0.25) is 0 Å². The summed E-state index contributed by atoms with van der Waals surface area (Å²) in [7, 11) is 0. The van der Waals surface area contributed by atoms with Crippen molar-refractivity contribution in [2.24, 2.45) is 5.41 Å². The number of benzene rings is 1. The zero-order chi connectivity index (χ0) is 10.2. The third-order valence-corrected chi connectivity index (χ3v) is 2.58. The highest BCUT2D eigenvalue weighted by Crippen LogP contribution is 2.25. The predicted molar refractivity (Wildman–Crippen MR) is 62.3 cm³/mol. The highest BCUT2D eigenvalue weighted by atomic mass is 14.2. The maximum Gasteiger partial charge on any atom is -0.00882 e. The molecule has 0 atom stereocenters. The van der Waals surface area contributed by atoms with Crippen LogP contribution in [0, 0.1) is 5.41 Å². The van der Waals surface area contributed by atoms with Crippen LogP contribution in [-0.2, 0) is 12.8 Å². The van der Waals surface area contributed by atoms with Gasteiger partial charge in [0.1, 0.15) is 0 Å². The Morgan fingerprint density at radius 2 is 2.00 bits per heavy atom. The molecule has 0 fully saturated rings. The summed E-state index contributed by atoms with van der Waals surface area (Å²) in [4.78, 5) is 0. The normalized spacial score (nSPS) is 14.5. The lowest BCUT2D eigenvalue weighted by Gasteiger charge is -2.18. The summed E-state index contributed by atoms with van der Waals surface area (Å²) in [5.74, 6) is 0. The highest BCUT2D eigenvalue weighted by molar-refractivity contribution is 5.60. The van der Waals surface area contributed by atoms with Gasteiger partial charge in [0.05, 0.1) is 0 Å². The molecule has 74 valence electrons. The summed E-state index contributed by atoms with van der Waals surface area (Å²) in [6, 6.07) is 6.89. The Morgan fingerprint density at radius 3 is 2.71 bits per heavy atom. The van der Waals surface area contributed by atoms with Gasteiger partial charge < -0.3 is 0 Å². The van der Waals surface area contributed by atoms with Crippen molar-refractivity contribution in [3.05, 3.63) is 41.0 Å². The standard InChI is InChI=1S/C14H18/c1-14(2,3)10-11-7-8-12-5-4-6-13(12)9-11/h4,6-9H,5,10H2,1-3H3. The van der Waals surface area contributed by atoms with Gasteiger partial charge in [-0.25, -0.2) is 0 Å². The first kappa shape index (κ1) is 9.51. The van der Waals surface area contributed by atoms with Crippen molar-refractivity contribution in [3.8, 4) is 0 Å². The third kappa shape index (κ3) is 2.06. The van der Waals surface area contributed by atoms with Gasteiger partial charge >= 0.3 is 0 Å². The highest BCUT2D eigenvalue weighted by Gasteiger charge is 2.12. The summed E-state index contributed by atoms with van der Waals surface area (Å²) >= 11 is 0. The minimum absolute atomic E-state index is 0.385. The molecule has 0 saturated heterocycles. The molecule has 0 N–H and O–H groups in total. The Kier molecular flexibility index (Phi) is 2.22. The second kappa shape index (κ2) is 3.27. The molecule has 0 heteroatoms. The molecule has 0 saturated carbocycles. The minimum Gasteiger partial charge on any atom is -0.0795 e. The van der Waals surface area contributed by atoms with Crippen molar-refractivity contribution < 1.29 is 0 Å². The average Bonchev–Trinajstić information content (AvgIpc) is 2.47. The molecule has 0 heterocycles. The van der Waals surface area contributed by atoms with Gasteiger partial charge in [0.2, 0.25) is 0 Å². The van der Waals surface area contributed by atoms with E-state index in [1.165, 1.54) is 16.7 Å². The van der Waals surface area contributed by atoms with Gasteiger partial charge in [-0.05, 0) is 34.9 Å². The molecular formula is C14H18. The van der Waals surface area contributed by atoms with Crippen LogP contribution >= 0.6 is 0 Å². The predicted octanol–water partition coefficient (Wildman–Crippen LogP) is 3.84. The molecular weight excluding hydrogens is 168 g/mol. The first-order valence-corrected chi connectivity index (χ1v) is 5.33. The van der Waals surface area contributed by atoms with Crippen molar-refractivity contribution in [2.75, 3.05) is 0 Å². The van der Waals surface area contributed by atoms with E-state index in [4.69, 9.17) is 0 Å². The molecule has 0 spiro atoms. The van der Waals surface area contributed by atoms with E-state index in [0.717, 1.165) is 12.8 Å². The second-order valence-corrected chi connectivity index (χ2v) is 5.38. The van der Waals surface area contributed by atoms with Gasteiger partial charge in [-0.15, -0.1) is 0 Å². The quantitative estimate of drug-likeness (QED) is 0.625. The molecule has 0 aliphatic heterocycles. The third-order valence-electron chi connectivity index (χ3n) is 2.58. The second-order valence-electron chi connectivity index (χ2n) is 5.38. The summed E-state index contributed by atoms with van der Waals surface area (Å²) in [5, 5.41) is 0. The van der Waals surface area contributed by atoms with Crippen molar-refractivity contribution in [3.63, 3.8) is 0 Å². The maximum atomic E-state index is 2.34. The van der Waals surface area contributed by atoms with E-state index in [-0.39, 0.29) is 0 Å². The molecule has 0 bridgehead atoms. The van der Waals surface area contributed by atoms with Crippen LogP contribution in [0.5, 0.6) is 0 Å². The SMILES string of the molecule is CC(C)(C)Cc1ccc2c(c1)C=CC2. The molecule has 14 heavy (non-hydrogen) atoms. The molecule has 0 amide bonds. The lowest BCUT2D eigenvalue weighted by Crippen LogP contribution is -2.09. The van der Waals surface area contributed by atoms with E-state index >= 15 is 0 Å². The zero-order valence-electron chi connectivity index (χ0n) is 9.30. The lowest BCUT2D eigenvalue weighted by molar-refractivity contribution is 0.411. The fraction of sp³-hybridized carbons (Fsp3) is 0.429. The molecule has 1 aromatic carbocycles. The summed E-state index contributed by atoms with van der Waals surface area (Å²) in [5.41, 5.74) is 4.74. The molecule has 1 aliphatic rings. The van der Waals surface area contributed by atoms with Gasteiger partial charge in [-0.3, -0.25) is 0 Å². The minimum atomic E-state index is 0.385.